The van der Waals surface area contributed by atoms with Crippen LogP contribution in [0.1, 0.15) is 74.2 Å². The number of hydrogen-bond donors (Lipinski definition) is 1. The quantitative estimate of drug-likeness (QED) is 0.106. The molecule has 0 saturated carbocycles. The molecule has 0 bridgehead atoms. The molecule has 36 heavy (non-hydrogen) atoms. The van der Waals surface area contributed by atoms with Gasteiger partial charge in [0.05, 0.1) is 17.9 Å². The molecule has 0 heterocycles. The number of esters is 1. The highest BCUT2D eigenvalue weighted by atomic mass is 16.5. The van der Waals surface area contributed by atoms with Crippen molar-refractivity contribution in [2.24, 2.45) is 10.2 Å². The fraction of sp³-hybridized carbons (Fsp3) is 0.367. The van der Waals surface area contributed by atoms with Crippen molar-refractivity contribution >= 4 is 17.3 Å². The van der Waals surface area contributed by atoms with Gasteiger partial charge in [-0.2, -0.15) is 5.11 Å². The van der Waals surface area contributed by atoms with E-state index in [1.807, 2.05) is 31.2 Å². The standard InChI is InChI=1S/C30H36N2O4/c1-3-4-5-6-7-8-9-10-21-35-26-17-13-24(14-18-26)30(34)36-27-19-20-28(29(33)22-27)32-31-25-15-11-23(2)12-16-25/h11-20,22,33H,3-10,21H2,1-2H3. The van der Waals surface area contributed by atoms with Gasteiger partial charge in [0, 0.05) is 6.07 Å². The Kier molecular flexibility index (Phi) is 11.0. The molecule has 1 N–H and O–H groups in total. The molecular weight excluding hydrogens is 452 g/mol. The molecule has 3 rings (SSSR count). The average Bonchev–Trinajstić information content (AvgIpc) is 2.88. The minimum atomic E-state index is -0.516. The number of nitrogens with zero attached hydrogens (tertiary/aromatic N) is 2. The van der Waals surface area contributed by atoms with E-state index >= 15 is 0 Å². The Morgan fingerprint density at radius 1 is 0.778 bits per heavy atom. The summed E-state index contributed by atoms with van der Waals surface area (Å²) in [6.45, 7) is 4.90. The lowest BCUT2D eigenvalue weighted by Gasteiger charge is -2.08. The summed E-state index contributed by atoms with van der Waals surface area (Å²) in [6.07, 6.45) is 10.0. The number of azo groups is 1. The first-order chi connectivity index (χ1) is 17.5. The van der Waals surface area contributed by atoms with Gasteiger partial charge in [-0.25, -0.2) is 4.79 Å². The molecule has 0 aliphatic carbocycles. The molecule has 0 saturated heterocycles. The third-order valence-electron chi connectivity index (χ3n) is 5.82. The lowest BCUT2D eigenvalue weighted by atomic mass is 10.1. The van der Waals surface area contributed by atoms with Crippen LogP contribution in [0.2, 0.25) is 0 Å². The van der Waals surface area contributed by atoms with E-state index in [-0.39, 0.29) is 17.2 Å². The fourth-order valence-corrected chi connectivity index (χ4v) is 3.65. The van der Waals surface area contributed by atoms with Gasteiger partial charge in [0.2, 0.25) is 0 Å². The maximum atomic E-state index is 12.5. The molecule has 0 spiro atoms. The highest BCUT2D eigenvalue weighted by molar-refractivity contribution is 5.91. The molecule has 0 unspecified atom stereocenters. The summed E-state index contributed by atoms with van der Waals surface area (Å²) in [5.74, 6) is 0.316. The Balaban J connectivity index is 1.43. The third-order valence-corrected chi connectivity index (χ3v) is 5.82. The third kappa shape index (κ3) is 9.17. The van der Waals surface area contributed by atoms with Crippen LogP contribution >= 0.6 is 0 Å². The molecule has 3 aromatic carbocycles. The zero-order valence-electron chi connectivity index (χ0n) is 21.3. The number of unbranched alkanes of at least 4 members (excludes halogenated alkanes) is 7. The first kappa shape index (κ1) is 26.9. The maximum absolute atomic E-state index is 12.5. The van der Waals surface area contributed by atoms with Gasteiger partial charge in [-0.05, 0) is 61.9 Å². The van der Waals surface area contributed by atoms with Crippen molar-refractivity contribution in [2.45, 2.75) is 65.2 Å². The van der Waals surface area contributed by atoms with E-state index in [2.05, 4.69) is 17.2 Å². The Bertz CT molecular complexity index is 1110. The second kappa shape index (κ2) is 14.7. The molecule has 0 atom stereocenters. The van der Waals surface area contributed by atoms with Crippen molar-refractivity contribution in [3.05, 3.63) is 77.9 Å². The van der Waals surface area contributed by atoms with Crippen LogP contribution < -0.4 is 9.47 Å². The second-order valence-corrected chi connectivity index (χ2v) is 8.92. The maximum Gasteiger partial charge on any atom is 0.343 e. The summed E-state index contributed by atoms with van der Waals surface area (Å²) >= 11 is 0. The van der Waals surface area contributed by atoms with Gasteiger partial charge in [-0.3, -0.25) is 0 Å². The molecule has 0 aromatic heterocycles. The Morgan fingerprint density at radius 2 is 1.42 bits per heavy atom. The minimum absolute atomic E-state index is 0.124. The smallest absolute Gasteiger partial charge is 0.343 e. The van der Waals surface area contributed by atoms with E-state index in [1.165, 1.54) is 51.0 Å². The predicted octanol–water partition coefficient (Wildman–Crippen LogP) is 8.85. The Hall–Kier alpha value is -3.67. The second-order valence-electron chi connectivity index (χ2n) is 8.92. The number of benzene rings is 3. The van der Waals surface area contributed by atoms with Crippen molar-refractivity contribution in [3.8, 4) is 17.2 Å². The van der Waals surface area contributed by atoms with Gasteiger partial charge in [0.15, 0.2) is 0 Å². The molecule has 0 fully saturated rings. The molecule has 0 aliphatic rings. The number of carbonyl (C=O) groups is 1. The number of phenols is 1. The van der Waals surface area contributed by atoms with E-state index in [0.717, 1.165) is 17.7 Å². The number of aromatic hydroxyl groups is 1. The van der Waals surface area contributed by atoms with Crippen LogP contribution in [0.25, 0.3) is 0 Å². The van der Waals surface area contributed by atoms with Crippen LogP contribution in [0.4, 0.5) is 11.4 Å². The molecule has 0 aliphatic heterocycles. The summed E-state index contributed by atoms with van der Waals surface area (Å²) in [6, 6.07) is 18.9. The van der Waals surface area contributed by atoms with Gasteiger partial charge < -0.3 is 14.6 Å². The summed E-state index contributed by atoms with van der Waals surface area (Å²) in [5.41, 5.74) is 2.50. The normalized spacial score (nSPS) is 11.1. The van der Waals surface area contributed by atoms with Crippen LogP contribution in [-0.4, -0.2) is 17.7 Å². The Labute approximate surface area is 214 Å². The van der Waals surface area contributed by atoms with Crippen LogP contribution in [0, 0.1) is 6.92 Å². The number of phenolic OH excluding ortho intramolecular Hbond substituents is 1. The van der Waals surface area contributed by atoms with E-state index in [9.17, 15) is 9.90 Å². The summed E-state index contributed by atoms with van der Waals surface area (Å²) in [5, 5.41) is 18.4. The predicted molar refractivity (Wildman–Crippen MR) is 143 cm³/mol. The van der Waals surface area contributed by atoms with E-state index in [0.29, 0.717) is 17.9 Å². The van der Waals surface area contributed by atoms with Gasteiger partial charge in [-0.1, -0.05) is 69.6 Å². The molecular formula is C30H36N2O4. The van der Waals surface area contributed by atoms with E-state index < -0.39 is 5.97 Å². The van der Waals surface area contributed by atoms with Crippen LogP contribution in [-0.2, 0) is 0 Å². The summed E-state index contributed by atoms with van der Waals surface area (Å²) in [7, 11) is 0. The minimum Gasteiger partial charge on any atom is -0.505 e. The largest absolute Gasteiger partial charge is 0.505 e. The monoisotopic (exact) mass is 488 g/mol. The molecule has 6 nitrogen and oxygen atoms in total. The fourth-order valence-electron chi connectivity index (χ4n) is 3.65. The molecule has 6 heteroatoms. The van der Waals surface area contributed by atoms with Crippen LogP contribution in [0.5, 0.6) is 17.2 Å². The van der Waals surface area contributed by atoms with Crippen molar-refractivity contribution in [2.75, 3.05) is 6.61 Å². The highest BCUT2D eigenvalue weighted by Gasteiger charge is 2.11. The average molecular weight is 489 g/mol. The van der Waals surface area contributed by atoms with E-state index in [4.69, 9.17) is 9.47 Å². The summed E-state index contributed by atoms with van der Waals surface area (Å²) < 4.78 is 11.2. The van der Waals surface area contributed by atoms with Gasteiger partial charge in [0.25, 0.3) is 0 Å². The first-order valence-corrected chi connectivity index (χ1v) is 12.8. The Morgan fingerprint density at radius 3 is 2.08 bits per heavy atom. The molecule has 0 radical (unpaired) electrons. The lowest BCUT2D eigenvalue weighted by Crippen LogP contribution is -2.08. The number of aryl methyl sites for hydroxylation is 1. The van der Waals surface area contributed by atoms with Gasteiger partial charge in [0.1, 0.15) is 22.9 Å². The number of hydrogen-bond acceptors (Lipinski definition) is 6. The zero-order valence-corrected chi connectivity index (χ0v) is 21.3. The summed E-state index contributed by atoms with van der Waals surface area (Å²) in [4.78, 5) is 12.5. The van der Waals surface area contributed by atoms with Crippen molar-refractivity contribution < 1.29 is 19.4 Å². The van der Waals surface area contributed by atoms with Crippen molar-refractivity contribution in [1.29, 1.82) is 0 Å². The number of carbonyl (C=O) groups excluding carboxylic acids is 1. The van der Waals surface area contributed by atoms with Crippen LogP contribution in [0.3, 0.4) is 0 Å². The van der Waals surface area contributed by atoms with Crippen molar-refractivity contribution in [3.63, 3.8) is 0 Å². The van der Waals surface area contributed by atoms with E-state index in [1.54, 1.807) is 36.4 Å². The van der Waals surface area contributed by atoms with Gasteiger partial charge >= 0.3 is 5.97 Å². The number of rotatable bonds is 14. The first-order valence-electron chi connectivity index (χ1n) is 12.8. The SMILES string of the molecule is CCCCCCCCCCOc1ccc(C(=O)Oc2ccc(N=Nc3ccc(C)cc3)c(O)c2)cc1. The topological polar surface area (TPSA) is 80.5 Å². The molecule has 3 aromatic rings. The molecule has 190 valence electrons. The highest BCUT2D eigenvalue weighted by Crippen LogP contribution is 2.32. The number of ether oxygens (including phenoxy) is 2. The van der Waals surface area contributed by atoms with Crippen LogP contribution in [0.15, 0.2) is 77.0 Å². The zero-order chi connectivity index (χ0) is 25.6. The van der Waals surface area contributed by atoms with Gasteiger partial charge in [-0.15, -0.1) is 5.11 Å². The van der Waals surface area contributed by atoms with Crippen molar-refractivity contribution in [1.82, 2.24) is 0 Å². The molecule has 0 amide bonds. The lowest BCUT2D eigenvalue weighted by molar-refractivity contribution is 0.0734.